The Morgan fingerprint density at radius 2 is 1.87 bits per heavy atom. The zero-order valence-corrected chi connectivity index (χ0v) is 18.1. The highest BCUT2D eigenvalue weighted by Gasteiger charge is 2.24. The monoisotopic (exact) mass is 427 g/mol. The van der Waals surface area contributed by atoms with Gasteiger partial charge in [0.2, 0.25) is 0 Å². The van der Waals surface area contributed by atoms with Crippen molar-refractivity contribution >= 4 is 28.3 Å². The summed E-state index contributed by atoms with van der Waals surface area (Å²) in [5.41, 5.74) is 5.48. The highest BCUT2D eigenvalue weighted by molar-refractivity contribution is 7.13. The van der Waals surface area contributed by atoms with Gasteiger partial charge in [-0.25, -0.2) is 9.48 Å². The minimum atomic E-state index is -0.361. The minimum Gasteiger partial charge on any atom is -0.464 e. The Morgan fingerprint density at radius 1 is 1.03 bits per heavy atom. The standard InChI is InChI=1S/C25H21N3O2S/c1-17-8-6-9-18(14-17)16-27-21(25(29)30-2)15-20-23(22-12-7-13-31-22)26-28(24(20)27)19-10-4-3-5-11-19/h3-15H,16H2,1-2H3. The molecule has 2 aromatic carbocycles. The van der Waals surface area contributed by atoms with Gasteiger partial charge in [0.05, 0.1) is 17.7 Å². The number of hydrogen-bond donors (Lipinski definition) is 0. The maximum absolute atomic E-state index is 12.7. The maximum atomic E-state index is 12.7. The van der Waals surface area contributed by atoms with E-state index >= 15 is 0 Å². The number of para-hydroxylation sites is 1. The molecule has 3 heterocycles. The maximum Gasteiger partial charge on any atom is 0.354 e. The van der Waals surface area contributed by atoms with Gasteiger partial charge in [0.25, 0.3) is 0 Å². The van der Waals surface area contributed by atoms with Gasteiger partial charge in [-0.15, -0.1) is 11.3 Å². The fourth-order valence-corrected chi connectivity index (χ4v) is 4.64. The number of aromatic nitrogens is 3. The molecule has 3 aromatic heterocycles. The Kier molecular flexibility index (Phi) is 4.92. The number of rotatable bonds is 5. The molecule has 5 nitrogen and oxygen atoms in total. The van der Waals surface area contributed by atoms with Gasteiger partial charge >= 0.3 is 5.97 Å². The second-order valence-electron chi connectivity index (χ2n) is 7.41. The van der Waals surface area contributed by atoms with Gasteiger partial charge in [-0.1, -0.05) is 54.1 Å². The molecule has 0 radical (unpaired) electrons. The van der Waals surface area contributed by atoms with Crippen molar-refractivity contribution in [3.8, 4) is 16.3 Å². The molecule has 154 valence electrons. The van der Waals surface area contributed by atoms with Crippen molar-refractivity contribution in [3.05, 3.63) is 95.0 Å². The third kappa shape index (κ3) is 3.45. The molecule has 31 heavy (non-hydrogen) atoms. The summed E-state index contributed by atoms with van der Waals surface area (Å²) in [6.07, 6.45) is 0. The lowest BCUT2D eigenvalue weighted by atomic mass is 10.1. The first kappa shape index (κ1) is 19.3. The largest absolute Gasteiger partial charge is 0.464 e. The zero-order chi connectivity index (χ0) is 21.4. The van der Waals surface area contributed by atoms with Crippen molar-refractivity contribution in [1.29, 1.82) is 0 Å². The predicted molar refractivity (Wildman–Crippen MR) is 124 cm³/mol. The van der Waals surface area contributed by atoms with E-state index in [1.54, 1.807) is 11.3 Å². The molecule has 0 aliphatic heterocycles. The van der Waals surface area contributed by atoms with E-state index in [9.17, 15) is 4.79 Å². The number of esters is 1. The summed E-state index contributed by atoms with van der Waals surface area (Å²) in [5.74, 6) is -0.361. The number of benzene rings is 2. The molecular weight excluding hydrogens is 406 g/mol. The third-order valence-corrected chi connectivity index (χ3v) is 6.17. The Hall–Kier alpha value is -3.64. The van der Waals surface area contributed by atoms with Crippen LogP contribution < -0.4 is 0 Å². The van der Waals surface area contributed by atoms with Gasteiger partial charge in [-0.3, -0.25) is 0 Å². The van der Waals surface area contributed by atoms with Crippen LogP contribution in [0.5, 0.6) is 0 Å². The summed E-state index contributed by atoms with van der Waals surface area (Å²) in [7, 11) is 1.42. The van der Waals surface area contributed by atoms with Crippen molar-refractivity contribution in [1.82, 2.24) is 14.3 Å². The number of ether oxygens (including phenoxy) is 1. The third-order valence-electron chi connectivity index (χ3n) is 5.30. The Balaban J connectivity index is 1.81. The number of thiophene rings is 1. The fraction of sp³-hybridized carbons (Fsp3) is 0.120. The van der Waals surface area contributed by atoms with Crippen LogP contribution in [-0.4, -0.2) is 27.4 Å². The van der Waals surface area contributed by atoms with E-state index < -0.39 is 0 Å². The lowest BCUT2D eigenvalue weighted by Gasteiger charge is -2.12. The van der Waals surface area contributed by atoms with E-state index in [0.29, 0.717) is 12.2 Å². The summed E-state index contributed by atoms with van der Waals surface area (Å²) in [6.45, 7) is 2.61. The van der Waals surface area contributed by atoms with Crippen molar-refractivity contribution in [3.63, 3.8) is 0 Å². The molecule has 5 rings (SSSR count). The van der Waals surface area contributed by atoms with Gasteiger partial charge in [0.1, 0.15) is 17.0 Å². The molecule has 0 bridgehead atoms. The molecule has 0 aliphatic carbocycles. The molecule has 0 atom stereocenters. The number of carbonyl (C=O) groups excluding carboxylic acids is 1. The molecular formula is C25H21N3O2S. The molecule has 0 saturated carbocycles. The number of aryl methyl sites for hydroxylation is 1. The quantitative estimate of drug-likeness (QED) is 0.338. The smallest absolute Gasteiger partial charge is 0.354 e. The SMILES string of the molecule is COC(=O)c1cc2c(-c3cccs3)nn(-c3ccccc3)c2n1Cc1cccc(C)c1. The number of methoxy groups -OCH3 is 1. The lowest BCUT2D eigenvalue weighted by Crippen LogP contribution is -2.13. The summed E-state index contributed by atoms with van der Waals surface area (Å²) >= 11 is 1.63. The van der Waals surface area contributed by atoms with E-state index in [1.165, 1.54) is 12.7 Å². The first-order valence-corrected chi connectivity index (χ1v) is 10.9. The van der Waals surface area contributed by atoms with Gasteiger partial charge in [0, 0.05) is 11.9 Å². The topological polar surface area (TPSA) is 49.0 Å². The average Bonchev–Trinajstić information content (AvgIpc) is 3.51. The normalized spacial score (nSPS) is 11.2. The van der Waals surface area contributed by atoms with Gasteiger partial charge in [-0.2, -0.15) is 5.10 Å². The van der Waals surface area contributed by atoms with Crippen LogP contribution in [0.4, 0.5) is 0 Å². The van der Waals surface area contributed by atoms with Crippen LogP contribution in [0, 0.1) is 6.92 Å². The van der Waals surface area contributed by atoms with Crippen LogP contribution in [0.1, 0.15) is 21.6 Å². The predicted octanol–water partition coefficient (Wildman–Crippen LogP) is 5.70. The molecule has 0 fully saturated rings. The van der Waals surface area contributed by atoms with E-state index in [4.69, 9.17) is 9.84 Å². The average molecular weight is 428 g/mol. The summed E-state index contributed by atoms with van der Waals surface area (Å²) < 4.78 is 9.06. The molecule has 6 heteroatoms. The first-order chi connectivity index (χ1) is 15.2. The Labute approximate surface area is 184 Å². The van der Waals surface area contributed by atoms with Crippen LogP contribution in [0.3, 0.4) is 0 Å². The van der Waals surface area contributed by atoms with Crippen molar-refractivity contribution < 1.29 is 9.53 Å². The second-order valence-corrected chi connectivity index (χ2v) is 8.35. The highest BCUT2D eigenvalue weighted by atomic mass is 32.1. The lowest BCUT2D eigenvalue weighted by molar-refractivity contribution is 0.0589. The second kappa shape index (κ2) is 7.89. The van der Waals surface area contributed by atoms with Gasteiger partial charge in [-0.05, 0) is 42.1 Å². The molecule has 0 amide bonds. The minimum absolute atomic E-state index is 0.361. The van der Waals surface area contributed by atoms with Crippen LogP contribution in [0.25, 0.3) is 27.3 Å². The molecule has 0 spiro atoms. The van der Waals surface area contributed by atoms with Crippen LogP contribution in [-0.2, 0) is 11.3 Å². The number of nitrogens with zero attached hydrogens (tertiary/aromatic N) is 3. The number of carbonyl (C=O) groups is 1. The van der Waals surface area contributed by atoms with E-state index in [-0.39, 0.29) is 5.97 Å². The molecule has 0 N–H and O–H groups in total. The van der Waals surface area contributed by atoms with Crippen LogP contribution in [0.2, 0.25) is 0 Å². The molecule has 0 unspecified atom stereocenters. The highest BCUT2D eigenvalue weighted by Crippen LogP contribution is 2.35. The Bertz CT molecular complexity index is 1370. The Morgan fingerprint density at radius 3 is 2.58 bits per heavy atom. The molecule has 0 aliphatic rings. The van der Waals surface area contributed by atoms with Crippen molar-refractivity contribution in [2.75, 3.05) is 7.11 Å². The number of fused-ring (bicyclic) bond motifs is 1. The summed E-state index contributed by atoms with van der Waals surface area (Å²) in [5, 5.41) is 7.93. The van der Waals surface area contributed by atoms with E-state index in [2.05, 4.69) is 31.2 Å². The fourth-order valence-electron chi connectivity index (χ4n) is 3.91. The molecule has 5 aromatic rings. The molecule has 0 saturated heterocycles. The zero-order valence-electron chi connectivity index (χ0n) is 17.3. The van der Waals surface area contributed by atoms with Crippen molar-refractivity contribution in [2.24, 2.45) is 0 Å². The summed E-state index contributed by atoms with van der Waals surface area (Å²) in [4.78, 5) is 13.8. The van der Waals surface area contributed by atoms with Crippen LogP contribution >= 0.6 is 11.3 Å². The summed E-state index contributed by atoms with van der Waals surface area (Å²) in [6, 6.07) is 24.3. The van der Waals surface area contributed by atoms with Crippen molar-refractivity contribution in [2.45, 2.75) is 13.5 Å². The van der Waals surface area contributed by atoms with Gasteiger partial charge < -0.3 is 9.30 Å². The number of hydrogen-bond acceptors (Lipinski definition) is 4. The van der Waals surface area contributed by atoms with E-state index in [1.807, 2.05) is 63.2 Å². The van der Waals surface area contributed by atoms with Gasteiger partial charge in [0.15, 0.2) is 0 Å². The van der Waals surface area contributed by atoms with E-state index in [0.717, 1.165) is 32.9 Å². The van der Waals surface area contributed by atoms with Crippen LogP contribution in [0.15, 0.2) is 78.2 Å². The first-order valence-electron chi connectivity index (χ1n) is 10.0.